The van der Waals surface area contributed by atoms with Crippen LogP contribution in [0.25, 0.3) is 11.0 Å². The summed E-state index contributed by atoms with van der Waals surface area (Å²) in [4.78, 5) is 19.6. The molecular formula is C28H38N4O3. The van der Waals surface area contributed by atoms with E-state index in [1.165, 1.54) is 19.3 Å². The number of anilines is 1. The van der Waals surface area contributed by atoms with Gasteiger partial charge in [0.1, 0.15) is 5.75 Å². The van der Waals surface area contributed by atoms with Gasteiger partial charge < -0.3 is 24.7 Å². The Kier molecular flexibility index (Phi) is 8.16. The molecule has 3 aromatic rings. The summed E-state index contributed by atoms with van der Waals surface area (Å²) in [6.07, 6.45) is 9.12. The highest BCUT2D eigenvalue weighted by Gasteiger charge is 2.24. The quantitative estimate of drug-likeness (QED) is 0.368. The summed E-state index contributed by atoms with van der Waals surface area (Å²) in [6.45, 7) is 2.16. The van der Waals surface area contributed by atoms with Crippen molar-refractivity contribution < 1.29 is 14.3 Å². The molecule has 1 heterocycles. The van der Waals surface area contributed by atoms with Crippen LogP contribution < -0.4 is 15.2 Å². The third kappa shape index (κ3) is 5.72. The summed E-state index contributed by atoms with van der Waals surface area (Å²) in [5, 5.41) is 0. The molecule has 1 aliphatic carbocycles. The first-order chi connectivity index (χ1) is 17.0. The summed E-state index contributed by atoms with van der Waals surface area (Å²) < 4.78 is 13.6. The number of ether oxygens (including phenoxy) is 2. The number of imidazole rings is 1. The van der Waals surface area contributed by atoms with Gasteiger partial charge in [0, 0.05) is 31.6 Å². The molecule has 2 aromatic carbocycles. The zero-order valence-electron chi connectivity index (χ0n) is 21.2. The molecular weight excluding hydrogens is 440 g/mol. The van der Waals surface area contributed by atoms with E-state index in [2.05, 4.69) is 16.5 Å². The predicted molar refractivity (Wildman–Crippen MR) is 140 cm³/mol. The zero-order valence-corrected chi connectivity index (χ0v) is 21.2. The van der Waals surface area contributed by atoms with E-state index in [0.717, 1.165) is 43.1 Å². The largest absolute Gasteiger partial charge is 0.493 e. The number of nitrogen functional groups attached to an aromatic ring is 1. The van der Waals surface area contributed by atoms with Crippen molar-refractivity contribution in [2.75, 3.05) is 19.9 Å². The molecule has 0 radical (unpaired) electrons. The molecule has 35 heavy (non-hydrogen) atoms. The van der Waals surface area contributed by atoms with Crippen molar-refractivity contribution in [3.8, 4) is 17.2 Å². The van der Waals surface area contributed by atoms with E-state index >= 15 is 0 Å². The van der Waals surface area contributed by atoms with Crippen molar-refractivity contribution in [1.82, 2.24) is 14.5 Å². The lowest BCUT2D eigenvalue weighted by molar-refractivity contribution is -0.132. The molecule has 1 unspecified atom stereocenters. The summed E-state index contributed by atoms with van der Waals surface area (Å²) in [5.74, 6) is 2.70. The van der Waals surface area contributed by atoms with Crippen LogP contribution >= 0.6 is 0 Å². The maximum Gasteiger partial charge on any atom is 0.222 e. The maximum absolute atomic E-state index is 13.0. The van der Waals surface area contributed by atoms with Crippen LogP contribution in [0.1, 0.15) is 70.8 Å². The van der Waals surface area contributed by atoms with Crippen LogP contribution in [0.3, 0.4) is 0 Å². The normalized spacial score (nSPS) is 15.2. The van der Waals surface area contributed by atoms with E-state index in [1.54, 1.807) is 7.11 Å². The Balaban J connectivity index is 1.54. The number of aromatic nitrogens is 2. The highest BCUT2D eigenvalue weighted by molar-refractivity contribution is 5.80. The topological polar surface area (TPSA) is 82.6 Å². The Morgan fingerprint density at radius 2 is 1.89 bits per heavy atom. The third-order valence-corrected chi connectivity index (χ3v) is 7.18. The molecule has 0 saturated heterocycles. The lowest BCUT2D eigenvalue weighted by Gasteiger charge is -2.32. The van der Waals surface area contributed by atoms with Crippen molar-refractivity contribution >= 4 is 22.9 Å². The minimum atomic E-state index is 0.0928. The van der Waals surface area contributed by atoms with Crippen LogP contribution in [-0.2, 0) is 4.79 Å². The van der Waals surface area contributed by atoms with Crippen LogP contribution in [0.5, 0.6) is 17.2 Å². The van der Waals surface area contributed by atoms with Crippen LogP contribution in [0.15, 0.2) is 42.5 Å². The number of nitrogens with zero attached hydrogens (tertiary/aromatic N) is 3. The summed E-state index contributed by atoms with van der Waals surface area (Å²) in [7, 11) is 3.60. The van der Waals surface area contributed by atoms with E-state index in [1.807, 2.05) is 54.4 Å². The van der Waals surface area contributed by atoms with Crippen LogP contribution in [0.2, 0.25) is 0 Å². The van der Waals surface area contributed by atoms with Crippen LogP contribution in [0, 0.1) is 0 Å². The van der Waals surface area contributed by atoms with Gasteiger partial charge in [-0.05, 0) is 49.9 Å². The Morgan fingerprint density at radius 3 is 2.60 bits per heavy atom. The van der Waals surface area contributed by atoms with Crippen molar-refractivity contribution in [2.45, 2.75) is 76.8 Å². The molecule has 7 heteroatoms. The first-order valence-electron chi connectivity index (χ1n) is 12.9. The predicted octanol–water partition coefficient (Wildman–Crippen LogP) is 6.33. The Hall–Kier alpha value is -3.22. The fraction of sp³-hybridized carbons (Fsp3) is 0.500. The molecule has 0 spiro atoms. The molecule has 0 aliphatic heterocycles. The van der Waals surface area contributed by atoms with Crippen LogP contribution in [-0.4, -0.2) is 40.6 Å². The third-order valence-electron chi connectivity index (χ3n) is 7.18. The second-order valence-corrected chi connectivity index (χ2v) is 9.52. The molecule has 1 saturated carbocycles. The summed E-state index contributed by atoms with van der Waals surface area (Å²) in [6, 6.07) is 13.8. The number of para-hydroxylation sites is 2. The van der Waals surface area contributed by atoms with E-state index in [9.17, 15) is 4.79 Å². The average molecular weight is 479 g/mol. The van der Waals surface area contributed by atoms with E-state index < -0.39 is 0 Å². The number of carbonyl (C=O) groups is 1. The Morgan fingerprint density at radius 1 is 1.14 bits per heavy atom. The van der Waals surface area contributed by atoms with Crippen molar-refractivity contribution in [3.05, 3.63) is 42.5 Å². The number of methoxy groups -OCH3 is 1. The van der Waals surface area contributed by atoms with Crippen LogP contribution in [0.4, 0.5) is 5.95 Å². The van der Waals surface area contributed by atoms with Gasteiger partial charge >= 0.3 is 0 Å². The van der Waals surface area contributed by atoms with E-state index in [4.69, 9.17) is 15.2 Å². The Labute approximate surface area is 208 Å². The molecule has 1 atom stereocenters. The van der Waals surface area contributed by atoms with Gasteiger partial charge in [-0.25, -0.2) is 4.98 Å². The van der Waals surface area contributed by atoms with E-state index in [0.29, 0.717) is 35.7 Å². The van der Waals surface area contributed by atoms with Gasteiger partial charge in [-0.15, -0.1) is 0 Å². The van der Waals surface area contributed by atoms with Crippen molar-refractivity contribution in [2.24, 2.45) is 0 Å². The molecule has 188 valence electrons. The number of benzene rings is 2. The SMILES string of the molecule is CCCC(CCC(=O)N(C)C1CCCCC1)n1c(N)nc2ccc(Oc3ccccc3OC)cc21. The van der Waals surface area contributed by atoms with Gasteiger partial charge in [0.15, 0.2) is 11.5 Å². The maximum atomic E-state index is 13.0. The lowest BCUT2D eigenvalue weighted by atomic mass is 9.94. The summed E-state index contributed by atoms with van der Waals surface area (Å²) >= 11 is 0. The highest BCUT2D eigenvalue weighted by Crippen LogP contribution is 2.35. The van der Waals surface area contributed by atoms with Gasteiger partial charge in [0.25, 0.3) is 0 Å². The van der Waals surface area contributed by atoms with Gasteiger partial charge in [0.05, 0.1) is 18.1 Å². The number of fused-ring (bicyclic) bond motifs is 1. The smallest absolute Gasteiger partial charge is 0.222 e. The number of amides is 1. The lowest BCUT2D eigenvalue weighted by Crippen LogP contribution is -2.38. The highest BCUT2D eigenvalue weighted by atomic mass is 16.5. The fourth-order valence-corrected chi connectivity index (χ4v) is 5.24. The first kappa shape index (κ1) is 24.9. The minimum absolute atomic E-state index is 0.0928. The van der Waals surface area contributed by atoms with Crippen molar-refractivity contribution in [1.29, 1.82) is 0 Å². The minimum Gasteiger partial charge on any atom is -0.493 e. The molecule has 1 fully saturated rings. The molecule has 1 aromatic heterocycles. The van der Waals surface area contributed by atoms with Gasteiger partial charge in [0.2, 0.25) is 11.9 Å². The van der Waals surface area contributed by atoms with Gasteiger partial charge in [-0.2, -0.15) is 0 Å². The monoisotopic (exact) mass is 478 g/mol. The molecule has 1 aliphatic rings. The second kappa shape index (κ2) is 11.5. The number of rotatable bonds is 10. The van der Waals surface area contributed by atoms with Gasteiger partial charge in [-0.3, -0.25) is 4.79 Å². The number of nitrogens with two attached hydrogens (primary N) is 1. The van der Waals surface area contributed by atoms with E-state index in [-0.39, 0.29) is 11.9 Å². The number of hydrogen-bond donors (Lipinski definition) is 1. The molecule has 0 bridgehead atoms. The Bertz CT molecular complexity index is 1140. The molecule has 7 nitrogen and oxygen atoms in total. The fourth-order valence-electron chi connectivity index (χ4n) is 5.24. The summed E-state index contributed by atoms with van der Waals surface area (Å²) in [5.41, 5.74) is 8.15. The zero-order chi connectivity index (χ0) is 24.8. The number of carbonyl (C=O) groups excluding carboxylic acids is 1. The van der Waals surface area contributed by atoms with Gasteiger partial charge in [-0.1, -0.05) is 44.7 Å². The molecule has 1 amide bonds. The second-order valence-electron chi connectivity index (χ2n) is 9.52. The molecule has 4 rings (SSSR count). The standard InChI is InChI=1S/C28H38N4O3/c1-4-10-21(15-18-27(33)31(2)20-11-6-5-7-12-20)32-24-19-22(16-17-23(24)30-28(32)29)35-26-14-9-8-13-25(26)34-3/h8-9,13-14,16-17,19-21H,4-7,10-12,15,18H2,1-3H3,(H2,29,30). The number of hydrogen-bond acceptors (Lipinski definition) is 5. The first-order valence-corrected chi connectivity index (χ1v) is 12.9. The molecule has 2 N–H and O–H groups in total. The van der Waals surface area contributed by atoms with Crippen molar-refractivity contribution in [3.63, 3.8) is 0 Å². The average Bonchev–Trinajstić information content (AvgIpc) is 3.21.